The van der Waals surface area contributed by atoms with Crippen molar-refractivity contribution in [2.45, 2.75) is 91.1 Å². The molecule has 18 heavy (non-hydrogen) atoms. The lowest BCUT2D eigenvalue weighted by Gasteiger charge is -2.39. The van der Waals surface area contributed by atoms with Crippen LogP contribution in [0, 0.1) is 17.3 Å². The number of hydrogen-bond acceptors (Lipinski definition) is 1. The molecule has 0 aromatic rings. The van der Waals surface area contributed by atoms with Crippen LogP contribution < -0.4 is 5.32 Å². The molecule has 2 aliphatic rings. The molecule has 1 N–H and O–H groups in total. The van der Waals surface area contributed by atoms with Crippen LogP contribution in [-0.2, 0) is 0 Å². The summed E-state index contributed by atoms with van der Waals surface area (Å²) in [5.74, 6) is 1.92. The SMILES string of the molecule is CC1CCC(NC2CCC(C(C)(C)C)CC2)CC1. The van der Waals surface area contributed by atoms with E-state index in [1.54, 1.807) is 0 Å². The van der Waals surface area contributed by atoms with Gasteiger partial charge in [0.15, 0.2) is 0 Å². The molecular weight excluding hydrogens is 218 g/mol. The molecule has 0 heterocycles. The molecule has 106 valence electrons. The van der Waals surface area contributed by atoms with Crippen molar-refractivity contribution in [2.24, 2.45) is 17.3 Å². The van der Waals surface area contributed by atoms with E-state index in [1.807, 2.05) is 0 Å². The third-order valence-electron chi connectivity index (χ3n) is 5.44. The summed E-state index contributed by atoms with van der Waals surface area (Å²) in [6.45, 7) is 9.64. The lowest BCUT2D eigenvalue weighted by molar-refractivity contribution is 0.150. The minimum absolute atomic E-state index is 0.519. The Bertz CT molecular complexity index is 237. The maximum absolute atomic E-state index is 3.95. The van der Waals surface area contributed by atoms with Crippen molar-refractivity contribution in [1.82, 2.24) is 5.32 Å². The Labute approximate surface area is 114 Å². The molecule has 2 fully saturated rings. The van der Waals surface area contributed by atoms with E-state index in [9.17, 15) is 0 Å². The van der Waals surface area contributed by atoms with Crippen LogP contribution in [0.25, 0.3) is 0 Å². The Hall–Kier alpha value is -0.0400. The third-order valence-corrected chi connectivity index (χ3v) is 5.44. The van der Waals surface area contributed by atoms with Crippen molar-refractivity contribution in [3.05, 3.63) is 0 Å². The summed E-state index contributed by atoms with van der Waals surface area (Å²) in [5, 5.41) is 3.95. The maximum atomic E-state index is 3.95. The second-order valence-corrected chi connectivity index (χ2v) is 8.04. The van der Waals surface area contributed by atoms with E-state index in [4.69, 9.17) is 0 Å². The molecular formula is C17H33N. The van der Waals surface area contributed by atoms with Crippen molar-refractivity contribution in [2.75, 3.05) is 0 Å². The minimum atomic E-state index is 0.519. The van der Waals surface area contributed by atoms with Crippen LogP contribution in [0.2, 0.25) is 0 Å². The molecule has 0 aromatic heterocycles. The van der Waals surface area contributed by atoms with Gasteiger partial charge in [-0.3, -0.25) is 0 Å². The van der Waals surface area contributed by atoms with E-state index in [-0.39, 0.29) is 0 Å². The molecule has 0 amide bonds. The highest BCUT2D eigenvalue weighted by atomic mass is 15.0. The molecule has 0 aromatic carbocycles. The molecule has 1 nitrogen and oxygen atoms in total. The van der Waals surface area contributed by atoms with Crippen LogP contribution in [0.15, 0.2) is 0 Å². The summed E-state index contributed by atoms with van der Waals surface area (Å²) in [6, 6.07) is 1.65. The van der Waals surface area contributed by atoms with Crippen molar-refractivity contribution in [3.63, 3.8) is 0 Å². The highest BCUT2D eigenvalue weighted by molar-refractivity contribution is 4.86. The third kappa shape index (κ3) is 3.98. The molecule has 0 spiro atoms. The van der Waals surface area contributed by atoms with Crippen molar-refractivity contribution in [3.8, 4) is 0 Å². The zero-order chi connectivity index (χ0) is 13.2. The largest absolute Gasteiger partial charge is 0.311 e. The molecule has 0 unspecified atom stereocenters. The summed E-state index contributed by atoms with van der Waals surface area (Å²) in [4.78, 5) is 0. The molecule has 1 heteroatoms. The van der Waals surface area contributed by atoms with Gasteiger partial charge in [0.25, 0.3) is 0 Å². The summed E-state index contributed by atoms with van der Waals surface area (Å²) in [5.41, 5.74) is 0.519. The van der Waals surface area contributed by atoms with Crippen molar-refractivity contribution >= 4 is 0 Å². The quantitative estimate of drug-likeness (QED) is 0.746. The van der Waals surface area contributed by atoms with Crippen molar-refractivity contribution < 1.29 is 0 Å². The molecule has 0 radical (unpaired) electrons. The van der Waals surface area contributed by atoms with Gasteiger partial charge in [-0.2, -0.15) is 0 Å². The minimum Gasteiger partial charge on any atom is -0.311 e. The molecule has 2 saturated carbocycles. The number of hydrogen-bond donors (Lipinski definition) is 1. The summed E-state index contributed by atoms with van der Waals surface area (Å²) in [6.07, 6.45) is 11.4. The zero-order valence-corrected chi connectivity index (χ0v) is 13.0. The summed E-state index contributed by atoms with van der Waals surface area (Å²) in [7, 11) is 0. The van der Waals surface area contributed by atoms with E-state index < -0.39 is 0 Å². The second kappa shape index (κ2) is 5.94. The fourth-order valence-electron chi connectivity index (χ4n) is 3.89. The Kier molecular flexibility index (Phi) is 4.75. The van der Waals surface area contributed by atoms with Crippen LogP contribution >= 0.6 is 0 Å². The molecule has 0 saturated heterocycles. The van der Waals surface area contributed by atoms with Crippen LogP contribution in [0.4, 0.5) is 0 Å². The van der Waals surface area contributed by atoms with Crippen LogP contribution in [-0.4, -0.2) is 12.1 Å². The highest BCUT2D eigenvalue weighted by Gasteiger charge is 2.30. The van der Waals surface area contributed by atoms with Crippen LogP contribution in [0.1, 0.15) is 79.1 Å². The fraction of sp³-hybridized carbons (Fsp3) is 1.00. The molecule has 2 aliphatic carbocycles. The number of rotatable bonds is 2. The van der Waals surface area contributed by atoms with E-state index in [0.717, 1.165) is 23.9 Å². The summed E-state index contributed by atoms with van der Waals surface area (Å²) < 4.78 is 0. The predicted molar refractivity (Wildman–Crippen MR) is 79.8 cm³/mol. The van der Waals surface area contributed by atoms with Crippen molar-refractivity contribution in [1.29, 1.82) is 0 Å². The lowest BCUT2D eigenvalue weighted by atomic mass is 9.71. The lowest BCUT2D eigenvalue weighted by Crippen LogP contribution is -2.43. The smallest absolute Gasteiger partial charge is 0.00698 e. The monoisotopic (exact) mass is 251 g/mol. The standard InChI is InChI=1S/C17H33N/c1-13-5-9-15(10-6-13)18-16-11-7-14(8-12-16)17(2,3)4/h13-16,18H,5-12H2,1-4H3. The number of nitrogens with one attached hydrogen (secondary N) is 1. The average Bonchev–Trinajstić information content (AvgIpc) is 2.32. The van der Waals surface area contributed by atoms with E-state index >= 15 is 0 Å². The normalized spacial score (nSPS) is 38.7. The van der Waals surface area contributed by atoms with Gasteiger partial charge in [-0.05, 0) is 68.6 Å². The first kappa shape index (κ1) is 14.4. The summed E-state index contributed by atoms with van der Waals surface area (Å²) >= 11 is 0. The van der Waals surface area contributed by atoms with Gasteiger partial charge >= 0.3 is 0 Å². The first-order valence-electron chi connectivity index (χ1n) is 8.21. The van der Waals surface area contributed by atoms with E-state index in [0.29, 0.717) is 5.41 Å². The first-order chi connectivity index (χ1) is 8.45. The van der Waals surface area contributed by atoms with Gasteiger partial charge < -0.3 is 5.32 Å². The van der Waals surface area contributed by atoms with Gasteiger partial charge in [-0.1, -0.05) is 27.7 Å². The van der Waals surface area contributed by atoms with Gasteiger partial charge in [0.05, 0.1) is 0 Å². The maximum Gasteiger partial charge on any atom is 0.00698 e. The zero-order valence-electron chi connectivity index (χ0n) is 13.0. The van der Waals surface area contributed by atoms with Gasteiger partial charge in [0.2, 0.25) is 0 Å². The van der Waals surface area contributed by atoms with Gasteiger partial charge in [0, 0.05) is 12.1 Å². The average molecular weight is 251 g/mol. The Morgan fingerprint density at radius 1 is 0.722 bits per heavy atom. The van der Waals surface area contributed by atoms with Gasteiger partial charge in [0.1, 0.15) is 0 Å². The Morgan fingerprint density at radius 3 is 1.61 bits per heavy atom. The first-order valence-corrected chi connectivity index (χ1v) is 8.21. The Balaban J connectivity index is 1.70. The fourth-order valence-corrected chi connectivity index (χ4v) is 3.89. The van der Waals surface area contributed by atoms with E-state index in [2.05, 4.69) is 33.0 Å². The van der Waals surface area contributed by atoms with Gasteiger partial charge in [-0.15, -0.1) is 0 Å². The van der Waals surface area contributed by atoms with Crippen LogP contribution in [0.3, 0.4) is 0 Å². The second-order valence-electron chi connectivity index (χ2n) is 8.04. The van der Waals surface area contributed by atoms with Crippen LogP contribution in [0.5, 0.6) is 0 Å². The molecule has 2 rings (SSSR count). The Morgan fingerprint density at radius 2 is 1.17 bits per heavy atom. The van der Waals surface area contributed by atoms with Gasteiger partial charge in [-0.25, -0.2) is 0 Å². The predicted octanol–water partition coefficient (Wildman–Crippen LogP) is 4.76. The topological polar surface area (TPSA) is 12.0 Å². The molecule has 0 atom stereocenters. The molecule has 0 bridgehead atoms. The molecule has 0 aliphatic heterocycles. The highest BCUT2D eigenvalue weighted by Crippen LogP contribution is 2.38. The van der Waals surface area contributed by atoms with E-state index in [1.165, 1.54) is 51.4 Å².